The quantitative estimate of drug-likeness (QED) is 0.438. The number of halogens is 1. The van der Waals surface area contributed by atoms with E-state index in [0.717, 1.165) is 5.56 Å². The van der Waals surface area contributed by atoms with Crippen molar-refractivity contribution in [2.45, 2.75) is 26.5 Å². The fraction of sp³-hybridized carbons (Fsp3) is 0.208. The van der Waals surface area contributed by atoms with Crippen molar-refractivity contribution in [1.82, 2.24) is 15.3 Å². The van der Waals surface area contributed by atoms with Crippen LogP contribution in [-0.4, -0.2) is 28.5 Å². The molecule has 2 aromatic carbocycles. The summed E-state index contributed by atoms with van der Waals surface area (Å²) in [7, 11) is 0. The number of carbonyl (C=O) groups excluding carboxylic acids is 1. The minimum Gasteiger partial charge on any atom is -0.486 e. The topological polar surface area (TPSA) is 86.5 Å². The zero-order valence-electron chi connectivity index (χ0n) is 17.7. The number of hydrogen-bond donors (Lipinski definition) is 1. The van der Waals surface area contributed by atoms with E-state index in [1.165, 1.54) is 19.2 Å². The first-order valence-electron chi connectivity index (χ1n) is 10.1. The number of fused-ring (bicyclic) bond motifs is 1. The average Bonchev–Trinajstić information content (AvgIpc) is 3.20. The lowest BCUT2D eigenvalue weighted by molar-refractivity contribution is -0.119. The predicted molar refractivity (Wildman–Crippen MR) is 117 cm³/mol. The van der Waals surface area contributed by atoms with Crippen LogP contribution in [0.2, 0.25) is 0 Å². The van der Waals surface area contributed by atoms with Crippen molar-refractivity contribution in [3.63, 3.8) is 0 Å². The van der Waals surface area contributed by atoms with Crippen LogP contribution in [0.15, 0.2) is 65.2 Å². The Labute approximate surface area is 184 Å². The van der Waals surface area contributed by atoms with Gasteiger partial charge in [0.1, 0.15) is 18.7 Å². The molecular formula is C24H22FN3O4. The van der Waals surface area contributed by atoms with Crippen molar-refractivity contribution in [1.29, 1.82) is 0 Å². The van der Waals surface area contributed by atoms with Crippen molar-refractivity contribution < 1.29 is 23.1 Å². The highest BCUT2D eigenvalue weighted by Crippen LogP contribution is 2.29. The molecule has 2 aromatic heterocycles. The van der Waals surface area contributed by atoms with Gasteiger partial charge in [-0.2, -0.15) is 0 Å². The molecule has 0 saturated heterocycles. The normalized spacial score (nSPS) is 11.8. The molecular weight excluding hydrogens is 413 g/mol. The Morgan fingerprint density at radius 2 is 1.97 bits per heavy atom. The minimum absolute atomic E-state index is 0.131. The van der Waals surface area contributed by atoms with E-state index in [1.54, 1.807) is 18.2 Å². The summed E-state index contributed by atoms with van der Waals surface area (Å²) in [5.41, 5.74) is 2.41. The number of amides is 1. The first-order valence-corrected chi connectivity index (χ1v) is 10.1. The number of nitrogens with zero attached hydrogens (tertiary/aromatic N) is 2. The van der Waals surface area contributed by atoms with Crippen molar-refractivity contribution in [3.05, 3.63) is 72.2 Å². The van der Waals surface area contributed by atoms with Gasteiger partial charge in [-0.3, -0.25) is 4.79 Å². The van der Waals surface area contributed by atoms with Crippen molar-refractivity contribution in [2.75, 3.05) is 6.61 Å². The monoisotopic (exact) mass is 435 g/mol. The summed E-state index contributed by atoms with van der Waals surface area (Å²) in [6.45, 7) is 3.81. The molecule has 1 amide bonds. The predicted octanol–water partition coefficient (Wildman–Crippen LogP) is 4.51. The smallest absolute Gasteiger partial charge is 0.227 e. The molecule has 4 rings (SSSR count). The molecule has 4 aromatic rings. The molecule has 0 bridgehead atoms. The molecule has 32 heavy (non-hydrogen) atoms. The summed E-state index contributed by atoms with van der Waals surface area (Å²) in [6, 6.07) is 15.6. The van der Waals surface area contributed by atoms with Crippen LogP contribution >= 0.6 is 0 Å². The third kappa shape index (κ3) is 5.21. The second-order valence-corrected chi connectivity index (χ2v) is 7.34. The van der Waals surface area contributed by atoms with Gasteiger partial charge in [-0.25, -0.2) is 14.4 Å². The second-order valence-electron chi connectivity index (χ2n) is 7.34. The first kappa shape index (κ1) is 21.3. The van der Waals surface area contributed by atoms with Gasteiger partial charge in [0.25, 0.3) is 0 Å². The fourth-order valence-corrected chi connectivity index (χ4v) is 3.10. The number of rotatable bonds is 8. The molecule has 2 heterocycles. The molecule has 8 heteroatoms. The lowest BCUT2D eigenvalue weighted by Crippen LogP contribution is -2.35. The minimum atomic E-state index is -0.505. The molecule has 0 aliphatic heterocycles. The van der Waals surface area contributed by atoms with Gasteiger partial charge in [0.15, 0.2) is 17.1 Å². The molecule has 164 valence electrons. The van der Waals surface area contributed by atoms with Crippen LogP contribution in [0, 0.1) is 5.82 Å². The standard InChI is InChI=1S/C24H22FN3O4/c1-15(27-16(2)29)13-31-23-11-22-20(12-26-23)28-24(32-22)18-8-9-21(19(25)10-18)30-14-17-6-4-3-5-7-17/h3-12,15H,13-14H2,1-2H3,(H,27,29)/t15-/m0/s1. The number of pyridine rings is 1. The lowest BCUT2D eigenvalue weighted by Gasteiger charge is -2.12. The van der Waals surface area contributed by atoms with Crippen LogP contribution in [0.25, 0.3) is 22.6 Å². The van der Waals surface area contributed by atoms with Gasteiger partial charge in [0.2, 0.25) is 17.7 Å². The van der Waals surface area contributed by atoms with Crippen LogP contribution in [0.5, 0.6) is 11.6 Å². The van der Waals surface area contributed by atoms with Crippen molar-refractivity contribution >= 4 is 17.0 Å². The summed E-state index contributed by atoms with van der Waals surface area (Å²) >= 11 is 0. The molecule has 0 aliphatic rings. The van der Waals surface area contributed by atoms with Crippen LogP contribution in [-0.2, 0) is 11.4 Å². The van der Waals surface area contributed by atoms with E-state index in [1.807, 2.05) is 37.3 Å². The number of oxazole rings is 1. The van der Waals surface area contributed by atoms with Gasteiger partial charge in [-0.1, -0.05) is 30.3 Å². The largest absolute Gasteiger partial charge is 0.486 e. The maximum Gasteiger partial charge on any atom is 0.227 e. The SMILES string of the molecule is CC(=O)N[C@@H](C)COc1cc2oc(-c3ccc(OCc4ccccc4)c(F)c3)nc2cn1. The van der Waals surface area contributed by atoms with Crippen LogP contribution in [0.3, 0.4) is 0 Å². The Morgan fingerprint density at radius 1 is 1.16 bits per heavy atom. The number of carbonyl (C=O) groups is 1. The van der Waals surface area contributed by atoms with E-state index >= 15 is 0 Å². The maximum absolute atomic E-state index is 14.6. The second kappa shape index (κ2) is 9.47. The van der Waals surface area contributed by atoms with Crippen molar-refractivity contribution in [2.24, 2.45) is 0 Å². The van der Waals surface area contributed by atoms with Gasteiger partial charge < -0.3 is 19.2 Å². The first-order chi connectivity index (χ1) is 15.5. The highest BCUT2D eigenvalue weighted by atomic mass is 19.1. The molecule has 0 fully saturated rings. The third-order valence-electron chi connectivity index (χ3n) is 4.60. The highest BCUT2D eigenvalue weighted by Gasteiger charge is 2.14. The highest BCUT2D eigenvalue weighted by molar-refractivity contribution is 5.76. The maximum atomic E-state index is 14.6. The Hall–Kier alpha value is -3.94. The zero-order valence-corrected chi connectivity index (χ0v) is 17.7. The molecule has 1 N–H and O–H groups in total. The van der Waals surface area contributed by atoms with E-state index in [4.69, 9.17) is 13.9 Å². The Kier molecular flexibility index (Phi) is 6.30. The average molecular weight is 435 g/mol. The Bertz CT molecular complexity index is 1230. The summed E-state index contributed by atoms with van der Waals surface area (Å²) in [4.78, 5) is 19.7. The van der Waals surface area contributed by atoms with E-state index < -0.39 is 5.82 Å². The van der Waals surface area contributed by atoms with Crippen molar-refractivity contribution in [3.8, 4) is 23.1 Å². The summed E-state index contributed by atoms with van der Waals surface area (Å²) in [6.07, 6.45) is 1.52. The lowest BCUT2D eigenvalue weighted by atomic mass is 10.2. The van der Waals surface area contributed by atoms with Gasteiger partial charge in [0.05, 0.1) is 12.2 Å². The summed E-state index contributed by atoms with van der Waals surface area (Å²) in [5, 5.41) is 2.73. The number of hydrogen-bond acceptors (Lipinski definition) is 6. The van der Waals surface area contributed by atoms with E-state index in [2.05, 4.69) is 15.3 Å². The van der Waals surface area contributed by atoms with Crippen LogP contribution in [0.4, 0.5) is 4.39 Å². The molecule has 0 radical (unpaired) electrons. The third-order valence-corrected chi connectivity index (χ3v) is 4.60. The Balaban J connectivity index is 1.46. The van der Waals surface area contributed by atoms with Crippen LogP contribution in [0.1, 0.15) is 19.4 Å². The summed E-state index contributed by atoms with van der Waals surface area (Å²) in [5.74, 6) is 0.120. The van der Waals surface area contributed by atoms with E-state index in [9.17, 15) is 9.18 Å². The summed E-state index contributed by atoms with van der Waals surface area (Å²) < 4.78 is 31.5. The molecule has 0 saturated carbocycles. The molecule has 7 nitrogen and oxygen atoms in total. The van der Waals surface area contributed by atoms with E-state index in [0.29, 0.717) is 22.5 Å². The molecule has 1 atom stereocenters. The van der Waals surface area contributed by atoms with Gasteiger partial charge in [-0.15, -0.1) is 0 Å². The fourth-order valence-electron chi connectivity index (χ4n) is 3.10. The number of ether oxygens (including phenoxy) is 2. The number of nitrogens with one attached hydrogen (secondary N) is 1. The zero-order chi connectivity index (χ0) is 22.5. The Morgan fingerprint density at radius 3 is 2.72 bits per heavy atom. The molecule has 0 spiro atoms. The molecule has 0 aliphatic carbocycles. The van der Waals surface area contributed by atoms with Gasteiger partial charge >= 0.3 is 0 Å². The molecule has 0 unspecified atom stereocenters. The number of aromatic nitrogens is 2. The van der Waals surface area contributed by atoms with E-state index in [-0.39, 0.29) is 36.8 Å². The number of benzene rings is 2. The van der Waals surface area contributed by atoms with Gasteiger partial charge in [-0.05, 0) is 30.7 Å². The van der Waals surface area contributed by atoms with Crippen LogP contribution < -0.4 is 14.8 Å². The van der Waals surface area contributed by atoms with Gasteiger partial charge in [0, 0.05) is 18.6 Å².